The maximum Gasteiger partial charge on any atom is 0.217 e. The summed E-state index contributed by atoms with van der Waals surface area (Å²) in [7, 11) is 0. The van der Waals surface area contributed by atoms with E-state index < -0.39 is 0 Å². The third-order valence-electron chi connectivity index (χ3n) is 4.77. The lowest BCUT2D eigenvalue weighted by atomic mass is 10.1. The summed E-state index contributed by atoms with van der Waals surface area (Å²) in [5.74, 6) is 0.831. The monoisotopic (exact) mass is 372 g/mol. The summed E-state index contributed by atoms with van der Waals surface area (Å²) in [4.78, 5) is 13.5. The van der Waals surface area contributed by atoms with Crippen molar-refractivity contribution in [3.63, 3.8) is 0 Å². The van der Waals surface area contributed by atoms with Gasteiger partial charge in [0, 0.05) is 30.6 Å². The van der Waals surface area contributed by atoms with Gasteiger partial charge in [-0.1, -0.05) is 29.8 Å². The van der Waals surface area contributed by atoms with Gasteiger partial charge in [0.25, 0.3) is 0 Å². The van der Waals surface area contributed by atoms with Gasteiger partial charge in [-0.15, -0.1) is 0 Å². The average molecular weight is 373 g/mol. The number of nitrogens with one attached hydrogen (secondary N) is 1. The molecule has 2 aromatic rings. The number of anilines is 1. The molecule has 0 bridgehead atoms. The van der Waals surface area contributed by atoms with Crippen LogP contribution in [-0.4, -0.2) is 25.1 Å². The minimum atomic E-state index is -0.0277. The highest BCUT2D eigenvalue weighted by atomic mass is 35.5. The van der Waals surface area contributed by atoms with Crippen molar-refractivity contribution < 1.29 is 9.53 Å². The van der Waals surface area contributed by atoms with Gasteiger partial charge in [-0.3, -0.25) is 4.79 Å². The summed E-state index contributed by atoms with van der Waals surface area (Å²) in [6.07, 6.45) is 1.14. The van der Waals surface area contributed by atoms with Crippen LogP contribution in [0, 0.1) is 6.92 Å². The second kappa shape index (κ2) is 8.00. The van der Waals surface area contributed by atoms with Crippen LogP contribution in [-0.2, 0) is 4.79 Å². The lowest BCUT2D eigenvalue weighted by molar-refractivity contribution is -0.119. The maximum atomic E-state index is 11.2. The zero-order valence-electron chi connectivity index (χ0n) is 15.5. The second-order valence-electron chi connectivity index (χ2n) is 6.90. The number of benzene rings is 2. The van der Waals surface area contributed by atoms with Crippen LogP contribution in [0.3, 0.4) is 0 Å². The van der Waals surface area contributed by atoms with Crippen molar-refractivity contribution in [2.24, 2.45) is 0 Å². The van der Waals surface area contributed by atoms with Gasteiger partial charge < -0.3 is 15.0 Å². The number of hydrogen-bond acceptors (Lipinski definition) is 3. The molecule has 4 nitrogen and oxygen atoms in total. The highest BCUT2D eigenvalue weighted by molar-refractivity contribution is 6.31. The van der Waals surface area contributed by atoms with Gasteiger partial charge in [0.2, 0.25) is 5.91 Å². The number of aryl methyl sites for hydroxylation is 1. The topological polar surface area (TPSA) is 41.6 Å². The third kappa shape index (κ3) is 4.50. The molecule has 1 amide bonds. The fourth-order valence-electron chi connectivity index (χ4n) is 3.25. The number of nitrogens with zero attached hydrogens (tertiary/aromatic N) is 1. The van der Waals surface area contributed by atoms with E-state index in [1.54, 1.807) is 0 Å². The second-order valence-corrected chi connectivity index (χ2v) is 7.31. The molecule has 1 saturated heterocycles. The molecule has 2 aromatic carbocycles. The molecule has 1 aliphatic rings. The number of rotatable bonds is 5. The zero-order valence-corrected chi connectivity index (χ0v) is 16.2. The molecule has 3 rings (SSSR count). The first-order valence-corrected chi connectivity index (χ1v) is 9.35. The first-order valence-electron chi connectivity index (χ1n) is 8.97. The van der Waals surface area contributed by atoms with Gasteiger partial charge in [-0.25, -0.2) is 0 Å². The molecule has 5 heteroatoms. The van der Waals surface area contributed by atoms with E-state index in [1.165, 1.54) is 6.92 Å². The summed E-state index contributed by atoms with van der Waals surface area (Å²) < 4.78 is 6.13. The minimum Gasteiger partial charge on any atom is -0.489 e. The largest absolute Gasteiger partial charge is 0.489 e. The van der Waals surface area contributed by atoms with E-state index in [9.17, 15) is 4.79 Å². The summed E-state index contributed by atoms with van der Waals surface area (Å²) in [5.41, 5.74) is 3.30. The fraction of sp³-hybridized carbons (Fsp3) is 0.381. The summed E-state index contributed by atoms with van der Waals surface area (Å²) >= 11 is 6.25. The smallest absolute Gasteiger partial charge is 0.217 e. The van der Waals surface area contributed by atoms with Crippen molar-refractivity contribution in [3.8, 4) is 5.75 Å². The molecule has 2 atom stereocenters. The van der Waals surface area contributed by atoms with Crippen LogP contribution in [0.5, 0.6) is 5.75 Å². The molecule has 0 spiro atoms. The quantitative estimate of drug-likeness (QED) is 0.839. The third-order valence-corrected chi connectivity index (χ3v) is 5.18. The van der Waals surface area contributed by atoms with Gasteiger partial charge >= 0.3 is 0 Å². The van der Waals surface area contributed by atoms with E-state index in [-0.39, 0.29) is 18.1 Å². The highest BCUT2D eigenvalue weighted by Crippen LogP contribution is 2.28. The number of amides is 1. The lowest BCUT2D eigenvalue weighted by Crippen LogP contribution is -2.24. The van der Waals surface area contributed by atoms with Crippen molar-refractivity contribution in [1.29, 1.82) is 0 Å². The minimum absolute atomic E-state index is 0.00481. The van der Waals surface area contributed by atoms with Gasteiger partial charge in [0.15, 0.2) is 0 Å². The van der Waals surface area contributed by atoms with Crippen molar-refractivity contribution in [3.05, 3.63) is 58.6 Å². The van der Waals surface area contributed by atoms with E-state index in [1.807, 2.05) is 44.2 Å². The Kier molecular flexibility index (Phi) is 5.72. The molecular weight excluding hydrogens is 348 g/mol. The van der Waals surface area contributed by atoms with E-state index >= 15 is 0 Å². The Morgan fingerprint density at radius 2 is 2.00 bits per heavy atom. The Bertz CT molecular complexity index is 776. The van der Waals surface area contributed by atoms with Gasteiger partial charge in [-0.05, 0) is 49.2 Å². The predicted molar refractivity (Wildman–Crippen MR) is 106 cm³/mol. The molecule has 1 N–H and O–H groups in total. The zero-order chi connectivity index (χ0) is 18.7. The Hall–Kier alpha value is -2.20. The van der Waals surface area contributed by atoms with Crippen LogP contribution < -0.4 is 15.0 Å². The van der Waals surface area contributed by atoms with Crippen LogP contribution in [0.4, 0.5) is 5.69 Å². The summed E-state index contributed by atoms with van der Waals surface area (Å²) in [6, 6.07) is 14.1. The molecule has 1 fully saturated rings. The Labute approximate surface area is 160 Å². The highest BCUT2D eigenvalue weighted by Gasteiger charge is 2.24. The Balaban J connectivity index is 1.58. The SMILES string of the molecule is CC(=O)N[C@@H](C)c1ccc(OC2CCN(c3ccc(C)c(Cl)c3)C2)cc1. The summed E-state index contributed by atoms with van der Waals surface area (Å²) in [6.45, 7) is 7.32. The van der Waals surface area contributed by atoms with Crippen LogP contribution in [0.2, 0.25) is 5.02 Å². The molecule has 0 aliphatic carbocycles. The van der Waals surface area contributed by atoms with Crippen molar-refractivity contribution in [1.82, 2.24) is 5.32 Å². The Morgan fingerprint density at radius 3 is 2.65 bits per heavy atom. The fourth-order valence-corrected chi connectivity index (χ4v) is 3.43. The maximum absolute atomic E-state index is 11.2. The normalized spacial score (nSPS) is 17.8. The van der Waals surface area contributed by atoms with Crippen LogP contribution in [0.15, 0.2) is 42.5 Å². The van der Waals surface area contributed by atoms with Crippen LogP contribution in [0.25, 0.3) is 0 Å². The summed E-state index contributed by atoms with van der Waals surface area (Å²) in [5, 5.41) is 3.69. The first kappa shape index (κ1) is 18.6. The van der Waals surface area contributed by atoms with Crippen molar-refractivity contribution >= 4 is 23.2 Å². The number of ether oxygens (including phenoxy) is 1. The van der Waals surface area contributed by atoms with Gasteiger partial charge in [0.1, 0.15) is 11.9 Å². The average Bonchev–Trinajstić information content (AvgIpc) is 3.06. The van der Waals surface area contributed by atoms with E-state index in [0.29, 0.717) is 0 Å². The molecule has 0 saturated carbocycles. The Morgan fingerprint density at radius 1 is 1.27 bits per heavy atom. The first-order chi connectivity index (χ1) is 12.4. The number of hydrogen-bond donors (Lipinski definition) is 1. The van der Waals surface area contributed by atoms with E-state index in [4.69, 9.17) is 16.3 Å². The predicted octanol–water partition coefficient (Wildman–Crippen LogP) is 4.50. The van der Waals surface area contributed by atoms with Gasteiger partial charge in [0.05, 0.1) is 12.6 Å². The lowest BCUT2D eigenvalue weighted by Gasteiger charge is -2.20. The molecule has 138 valence electrons. The van der Waals surface area contributed by atoms with Crippen molar-refractivity contribution in [2.75, 3.05) is 18.0 Å². The van der Waals surface area contributed by atoms with Crippen molar-refractivity contribution in [2.45, 2.75) is 39.3 Å². The van der Waals surface area contributed by atoms with E-state index in [0.717, 1.165) is 47.1 Å². The number of halogens is 1. The molecule has 1 heterocycles. The van der Waals surface area contributed by atoms with Crippen LogP contribution >= 0.6 is 11.6 Å². The standard InChI is InChI=1S/C21H25ClN2O2/c1-14-4-7-18(12-21(14)22)24-11-10-20(13-24)26-19-8-5-17(6-9-19)15(2)23-16(3)25/h4-9,12,15,20H,10-11,13H2,1-3H3,(H,23,25)/t15-,20?/m0/s1. The molecule has 1 aliphatic heterocycles. The molecule has 26 heavy (non-hydrogen) atoms. The number of carbonyl (C=O) groups is 1. The molecule has 0 aromatic heterocycles. The van der Waals surface area contributed by atoms with Gasteiger partial charge in [-0.2, -0.15) is 0 Å². The number of carbonyl (C=O) groups excluding carboxylic acids is 1. The molecular formula is C21H25ClN2O2. The molecule has 0 radical (unpaired) electrons. The van der Waals surface area contributed by atoms with E-state index in [2.05, 4.69) is 22.3 Å². The van der Waals surface area contributed by atoms with Crippen LogP contribution in [0.1, 0.15) is 37.4 Å². The molecule has 1 unspecified atom stereocenters.